The van der Waals surface area contributed by atoms with Crippen LogP contribution >= 0.6 is 17.0 Å². The van der Waals surface area contributed by atoms with Gasteiger partial charge in [-0.15, -0.1) is 0 Å². The summed E-state index contributed by atoms with van der Waals surface area (Å²) >= 11 is -4.90. The molecule has 0 saturated carbocycles. The van der Waals surface area contributed by atoms with E-state index in [0.717, 1.165) is 11.5 Å². The van der Waals surface area contributed by atoms with E-state index in [-0.39, 0.29) is 7.25 Å². The van der Waals surface area contributed by atoms with Gasteiger partial charge in [-0.05, 0) is 0 Å². The molecule has 239 valence electrons. The van der Waals surface area contributed by atoms with E-state index in [0.29, 0.717) is 11.8 Å². The first kappa shape index (κ1) is 33.5. The molecule has 2 atom stereocenters. The summed E-state index contributed by atoms with van der Waals surface area (Å²) in [6.45, 7) is 14.1. The Morgan fingerprint density at radius 2 is 0.957 bits per heavy atom. The number of methoxy groups -OCH3 is 2. The molecule has 0 heterocycles. The van der Waals surface area contributed by atoms with Gasteiger partial charge in [-0.1, -0.05) is 0 Å². The monoisotopic (exact) mass is 745 g/mol. The third-order valence-corrected chi connectivity index (χ3v) is 62.2. The van der Waals surface area contributed by atoms with Crippen molar-refractivity contribution < 1.29 is 25.0 Å². The van der Waals surface area contributed by atoms with Crippen LogP contribution in [-0.2, 0) is 15.6 Å². The number of fused-ring (bicyclic) bond motifs is 2. The minimum atomic E-state index is -4.90. The van der Waals surface area contributed by atoms with Crippen LogP contribution in [0, 0.1) is 11.8 Å². The fraction of sp³-hybridized carbons (Fsp3) is 0.300. The average Bonchev–Trinajstić information content (AvgIpc) is 3.66. The Bertz CT molecular complexity index is 1710. The van der Waals surface area contributed by atoms with Crippen LogP contribution < -0.4 is 9.47 Å². The summed E-state index contributed by atoms with van der Waals surface area (Å²) in [7, 11) is 20.8. The van der Waals surface area contributed by atoms with Crippen molar-refractivity contribution in [1.82, 2.24) is 0 Å². The topological polar surface area (TPSA) is 18.5 Å². The van der Waals surface area contributed by atoms with E-state index in [1.165, 1.54) is 55.7 Å². The molecule has 46 heavy (non-hydrogen) atoms. The summed E-state index contributed by atoms with van der Waals surface area (Å²) in [5.41, 5.74) is 12.8. The molecule has 2 aliphatic carbocycles. The van der Waals surface area contributed by atoms with Gasteiger partial charge in [0.2, 0.25) is 0 Å². The van der Waals surface area contributed by atoms with Crippen LogP contribution in [0.4, 0.5) is 0 Å². The summed E-state index contributed by atoms with van der Waals surface area (Å²) in [6.07, 6.45) is 4.89. The molecule has 6 rings (SSSR count). The Morgan fingerprint density at radius 3 is 1.26 bits per heavy atom. The predicted molar refractivity (Wildman–Crippen MR) is 199 cm³/mol. The number of rotatable bonds is 9. The quantitative estimate of drug-likeness (QED) is 0.159. The van der Waals surface area contributed by atoms with Crippen LogP contribution in [-0.4, -0.2) is 20.1 Å². The number of benzene rings is 4. The zero-order chi connectivity index (χ0) is 33.0. The summed E-state index contributed by atoms with van der Waals surface area (Å²) in [5, 5.41) is 0. The first-order chi connectivity index (χ1) is 21.9. The van der Waals surface area contributed by atoms with Gasteiger partial charge in [-0.25, -0.2) is 0 Å². The van der Waals surface area contributed by atoms with E-state index in [1.54, 1.807) is 14.2 Å². The molecule has 4 aromatic carbocycles. The normalized spacial score (nSPS) is 18.2. The molecule has 0 saturated heterocycles. The van der Waals surface area contributed by atoms with Crippen molar-refractivity contribution >= 4 is 35.1 Å². The van der Waals surface area contributed by atoms with Crippen LogP contribution in [0.25, 0.3) is 34.4 Å². The molecule has 4 aromatic rings. The van der Waals surface area contributed by atoms with Crippen molar-refractivity contribution in [2.24, 2.45) is 11.8 Å². The second-order valence-corrected chi connectivity index (χ2v) is 56.4. The molecular formula is C40H45Cl2O2SiZr. The molecule has 6 heteroatoms. The number of hydrogen-bond donors (Lipinski definition) is 0. The summed E-state index contributed by atoms with van der Waals surface area (Å²) < 4.78 is 11.0. The Balaban J connectivity index is 1.58. The first-order valence-electron chi connectivity index (χ1n) is 16.5. The fourth-order valence-electron chi connectivity index (χ4n) is 7.96. The maximum atomic E-state index is 8.67. The van der Waals surface area contributed by atoms with Gasteiger partial charge in [0.1, 0.15) is 0 Å². The molecule has 0 aliphatic heterocycles. The molecule has 2 aliphatic rings. The zero-order valence-electron chi connectivity index (χ0n) is 28.2. The average molecular weight is 748 g/mol. The predicted octanol–water partition coefficient (Wildman–Crippen LogP) is 11.9. The molecule has 0 radical (unpaired) electrons. The summed E-state index contributed by atoms with van der Waals surface area (Å²) in [4.78, 5) is 0. The summed E-state index contributed by atoms with van der Waals surface area (Å²) in [5.74, 6) is 0.674. The SMILES string of the molecule is COc1ccc(-c2cccc3c2C=C(C(C)C)[CH]3[Zr]([Cl])([Cl])([CH]2C(C(C)C)=Cc3c(-c4ccc(OC)cc4)cccc32)[SiH](C)C)cc1. The van der Waals surface area contributed by atoms with Gasteiger partial charge >= 0.3 is 286 Å². The molecule has 2 unspecified atom stereocenters. The Morgan fingerprint density at radius 1 is 0.587 bits per heavy atom. The number of ether oxygens (including phenoxy) is 2. The van der Waals surface area contributed by atoms with E-state index in [2.05, 4.69) is 114 Å². The van der Waals surface area contributed by atoms with Crippen molar-refractivity contribution in [3.8, 4) is 33.8 Å². The van der Waals surface area contributed by atoms with Crippen LogP contribution in [0.2, 0.25) is 13.1 Å². The van der Waals surface area contributed by atoms with Gasteiger partial charge in [-0.3, -0.25) is 0 Å². The second-order valence-electron chi connectivity index (χ2n) is 13.9. The third-order valence-electron chi connectivity index (χ3n) is 10.5. The molecule has 0 spiro atoms. The van der Waals surface area contributed by atoms with Crippen molar-refractivity contribution in [2.75, 3.05) is 14.2 Å². The van der Waals surface area contributed by atoms with E-state index >= 15 is 0 Å². The fourth-order valence-corrected chi connectivity index (χ4v) is 39.4. The molecule has 0 fully saturated rings. The van der Waals surface area contributed by atoms with Gasteiger partial charge < -0.3 is 0 Å². The molecular weight excluding hydrogens is 703 g/mol. The molecule has 2 nitrogen and oxygen atoms in total. The standard InChI is InChI=1S/2C19H19O.C2H7Si.2ClH.Zr/c2*1-13(2)16-11-15-5-4-6-18(19(15)12-16)14-7-9-17(20-3)10-8-14;1-3-2;;;/h2*4-13H,1-3H3;3H,1-2H3;2*1H;/q;;;;;+2/p-2. The van der Waals surface area contributed by atoms with Gasteiger partial charge in [0, 0.05) is 0 Å². The van der Waals surface area contributed by atoms with Gasteiger partial charge in [0.05, 0.1) is 0 Å². The first-order valence-corrected chi connectivity index (χ1v) is 32.8. The van der Waals surface area contributed by atoms with Crippen molar-refractivity contribution in [3.05, 3.63) is 118 Å². The molecule has 0 aromatic heterocycles. The minimum absolute atomic E-state index is 0.0485. The third kappa shape index (κ3) is 5.33. The van der Waals surface area contributed by atoms with Crippen LogP contribution in [0.1, 0.15) is 57.2 Å². The van der Waals surface area contributed by atoms with Gasteiger partial charge in [-0.2, -0.15) is 0 Å². The molecule has 0 amide bonds. The van der Waals surface area contributed by atoms with Crippen molar-refractivity contribution in [3.63, 3.8) is 0 Å². The maximum absolute atomic E-state index is 8.67. The van der Waals surface area contributed by atoms with E-state index in [9.17, 15) is 0 Å². The number of hydrogen-bond acceptors (Lipinski definition) is 2. The summed E-state index contributed by atoms with van der Waals surface area (Å²) in [6, 6.07) is 30.3. The number of halogens is 2. The van der Waals surface area contributed by atoms with Crippen LogP contribution in [0.15, 0.2) is 96.1 Å². The van der Waals surface area contributed by atoms with Crippen LogP contribution in [0.3, 0.4) is 0 Å². The van der Waals surface area contributed by atoms with E-state index in [4.69, 9.17) is 26.5 Å². The zero-order valence-corrected chi connectivity index (χ0v) is 33.3. The second kappa shape index (κ2) is 12.6. The number of allylic oxidation sites excluding steroid dienone is 2. The van der Waals surface area contributed by atoms with Gasteiger partial charge in [0.15, 0.2) is 0 Å². The van der Waals surface area contributed by atoms with Gasteiger partial charge in [0.25, 0.3) is 0 Å². The Hall–Kier alpha value is -2.36. The van der Waals surface area contributed by atoms with Crippen LogP contribution in [0.5, 0.6) is 11.5 Å². The Labute approximate surface area is 284 Å². The Kier molecular flexibility index (Phi) is 9.18. The van der Waals surface area contributed by atoms with Crippen molar-refractivity contribution in [2.45, 2.75) is 48.0 Å². The van der Waals surface area contributed by atoms with E-state index in [1.807, 2.05) is 24.3 Å². The molecule has 0 N–H and O–H groups in total. The van der Waals surface area contributed by atoms with Crippen molar-refractivity contribution in [1.29, 1.82) is 0 Å². The van der Waals surface area contributed by atoms with E-state index < -0.39 is 21.5 Å². The molecule has 0 bridgehead atoms.